The van der Waals surface area contributed by atoms with Gasteiger partial charge in [-0.3, -0.25) is 4.79 Å². The molecule has 1 N–H and O–H groups in total. The predicted octanol–water partition coefficient (Wildman–Crippen LogP) is 2.93. The van der Waals surface area contributed by atoms with E-state index in [4.69, 9.17) is 23.2 Å². The number of rotatable bonds is 6. The van der Waals surface area contributed by atoms with Crippen LogP contribution in [-0.2, 0) is 16.0 Å². The average Bonchev–Trinajstić information content (AvgIpc) is 2.35. The van der Waals surface area contributed by atoms with Crippen molar-refractivity contribution in [1.29, 1.82) is 0 Å². The minimum atomic E-state index is -0.202. The number of hydrogen-bond acceptors (Lipinski definition) is 3. The maximum absolute atomic E-state index is 11.2. The van der Waals surface area contributed by atoms with Crippen LogP contribution in [0.2, 0.25) is 10.0 Å². The van der Waals surface area contributed by atoms with Crippen molar-refractivity contribution in [1.82, 2.24) is 5.32 Å². The van der Waals surface area contributed by atoms with Gasteiger partial charge in [-0.15, -0.1) is 0 Å². The Labute approximate surface area is 117 Å². The number of benzene rings is 1. The Kier molecular flexibility index (Phi) is 6.47. The standard InChI is InChI=1S/C13H17Cl2NO2/c1-9(13(17)18-2)8-16-6-5-10-3-4-11(14)7-12(10)15/h3-4,7,9,16H,5-6,8H2,1-2H3. The highest BCUT2D eigenvalue weighted by atomic mass is 35.5. The smallest absolute Gasteiger partial charge is 0.309 e. The third-order valence-electron chi connectivity index (χ3n) is 2.64. The lowest BCUT2D eigenvalue weighted by atomic mass is 10.1. The molecule has 0 fully saturated rings. The summed E-state index contributed by atoms with van der Waals surface area (Å²) in [4.78, 5) is 11.2. The highest BCUT2D eigenvalue weighted by molar-refractivity contribution is 6.35. The summed E-state index contributed by atoms with van der Waals surface area (Å²) < 4.78 is 4.64. The van der Waals surface area contributed by atoms with Gasteiger partial charge in [0.15, 0.2) is 0 Å². The Morgan fingerprint density at radius 2 is 2.17 bits per heavy atom. The summed E-state index contributed by atoms with van der Waals surface area (Å²) in [6.45, 7) is 3.18. The van der Waals surface area contributed by atoms with E-state index in [0.29, 0.717) is 16.6 Å². The molecule has 1 rings (SSSR count). The minimum absolute atomic E-state index is 0.143. The van der Waals surface area contributed by atoms with Crippen molar-refractivity contribution in [3.8, 4) is 0 Å². The Morgan fingerprint density at radius 3 is 2.78 bits per heavy atom. The third kappa shape index (κ3) is 4.84. The molecule has 3 nitrogen and oxygen atoms in total. The van der Waals surface area contributed by atoms with Crippen LogP contribution in [0.4, 0.5) is 0 Å². The van der Waals surface area contributed by atoms with Crippen molar-refractivity contribution in [3.63, 3.8) is 0 Å². The minimum Gasteiger partial charge on any atom is -0.469 e. The second-order valence-electron chi connectivity index (χ2n) is 4.11. The molecule has 18 heavy (non-hydrogen) atoms. The van der Waals surface area contributed by atoms with Gasteiger partial charge in [-0.2, -0.15) is 0 Å². The predicted molar refractivity (Wildman–Crippen MR) is 74.2 cm³/mol. The fraction of sp³-hybridized carbons (Fsp3) is 0.462. The van der Waals surface area contributed by atoms with Gasteiger partial charge in [0, 0.05) is 16.6 Å². The first-order valence-electron chi connectivity index (χ1n) is 5.77. The van der Waals surface area contributed by atoms with E-state index in [2.05, 4.69) is 10.1 Å². The molecule has 1 aromatic carbocycles. The van der Waals surface area contributed by atoms with Gasteiger partial charge in [-0.25, -0.2) is 0 Å². The van der Waals surface area contributed by atoms with E-state index >= 15 is 0 Å². The summed E-state index contributed by atoms with van der Waals surface area (Å²) in [5, 5.41) is 4.51. The summed E-state index contributed by atoms with van der Waals surface area (Å²) >= 11 is 11.9. The number of nitrogens with one attached hydrogen (secondary N) is 1. The van der Waals surface area contributed by atoms with E-state index in [1.807, 2.05) is 19.1 Å². The highest BCUT2D eigenvalue weighted by Gasteiger charge is 2.11. The largest absolute Gasteiger partial charge is 0.469 e. The van der Waals surface area contributed by atoms with Gasteiger partial charge in [-0.1, -0.05) is 36.2 Å². The van der Waals surface area contributed by atoms with Crippen LogP contribution in [0.3, 0.4) is 0 Å². The molecule has 0 amide bonds. The summed E-state index contributed by atoms with van der Waals surface area (Å²) in [5.74, 6) is -0.345. The molecule has 1 unspecified atom stereocenters. The maximum Gasteiger partial charge on any atom is 0.309 e. The van der Waals surface area contributed by atoms with E-state index in [1.165, 1.54) is 7.11 Å². The molecular weight excluding hydrogens is 273 g/mol. The maximum atomic E-state index is 11.2. The quantitative estimate of drug-likeness (QED) is 0.646. The fourth-order valence-electron chi connectivity index (χ4n) is 1.55. The van der Waals surface area contributed by atoms with E-state index in [0.717, 1.165) is 18.5 Å². The number of methoxy groups -OCH3 is 1. The van der Waals surface area contributed by atoms with Crippen LogP contribution in [0, 0.1) is 5.92 Å². The molecular formula is C13H17Cl2NO2. The molecule has 1 aromatic rings. The summed E-state index contributed by atoms with van der Waals surface area (Å²) in [5.41, 5.74) is 1.04. The second-order valence-corrected chi connectivity index (χ2v) is 4.96. The van der Waals surface area contributed by atoms with Gasteiger partial charge >= 0.3 is 5.97 Å². The van der Waals surface area contributed by atoms with Crippen LogP contribution in [0.15, 0.2) is 18.2 Å². The van der Waals surface area contributed by atoms with E-state index in [9.17, 15) is 4.79 Å². The molecule has 5 heteroatoms. The van der Waals surface area contributed by atoms with Crippen LogP contribution in [-0.4, -0.2) is 26.2 Å². The molecule has 0 radical (unpaired) electrons. The highest BCUT2D eigenvalue weighted by Crippen LogP contribution is 2.20. The summed E-state index contributed by atoms with van der Waals surface area (Å²) in [6.07, 6.45) is 0.796. The molecule has 0 bridgehead atoms. The van der Waals surface area contributed by atoms with Crippen LogP contribution >= 0.6 is 23.2 Å². The molecule has 0 saturated heterocycles. The number of carbonyl (C=O) groups excluding carboxylic acids is 1. The lowest BCUT2D eigenvalue weighted by Gasteiger charge is -2.10. The Morgan fingerprint density at radius 1 is 1.44 bits per heavy atom. The van der Waals surface area contributed by atoms with Crippen molar-refractivity contribution >= 4 is 29.2 Å². The van der Waals surface area contributed by atoms with Gasteiger partial charge in [-0.05, 0) is 30.7 Å². The van der Waals surface area contributed by atoms with Crippen LogP contribution in [0.25, 0.3) is 0 Å². The van der Waals surface area contributed by atoms with Crippen molar-refractivity contribution in [2.24, 2.45) is 5.92 Å². The monoisotopic (exact) mass is 289 g/mol. The van der Waals surface area contributed by atoms with Crippen molar-refractivity contribution in [2.45, 2.75) is 13.3 Å². The van der Waals surface area contributed by atoms with Crippen molar-refractivity contribution in [2.75, 3.05) is 20.2 Å². The number of carbonyl (C=O) groups is 1. The number of hydrogen-bond donors (Lipinski definition) is 1. The number of ether oxygens (including phenoxy) is 1. The van der Waals surface area contributed by atoms with Crippen molar-refractivity contribution < 1.29 is 9.53 Å². The SMILES string of the molecule is COC(=O)C(C)CNCCc1ccc(Cl)cc1Cl. The van der Waals surface area contributed by atoms with Crippen LogP contribution < -0.4 is 5.32 Å². The zero-order valence-corrected chi connectivity index (χ0v) is 12.0. The molecule has 0 saturated carbocycles. The Bertz CT molecular complexity index is 410. The fourth-order valence-corrected chi connectivity index (χ4v) is 2.05. The first-order chi connectivity index (χ1) is 8.54. The number of halogens is 2. The normalized spacial score (nSPS) is 12.2. The first kappa shape index (κ1) is 15.3. The molecule has 0 spiro atoms. The van der Waals surface area contributed by atoms with Gasteiger partial charge < -0.3 is 10.1 Å². The van der Waals surface area contributed by atoms with E-state index < -0.39 is 0 Å². The molecule has 0 aromatic heterocycles. The zero-order chi connectivity index (χ0) is 13.5. The zero-order valence-electron chi connectivity index (χ0n) is 10.5. The Balaban J connectivity index is 2.32. The topological polar surface area (TPSA) is 38.3 Å². The lowest BCUT2D eigenvalue weighted by molar-refractivity contribution is -0.144. The van der Waals surface area contributed by atoms with Crippen molar-refractivity contribution in [3.05, 3.63) is 33.8 Å². The summed E-state index contributed by atoms with van der Waals surface area (Å²) in [6, 6.07) is 5.46. The molecule has 0 aliphatic rings. The van der Waals surface area contributed by atoms with Gasteiger partial charge in [0.1, 0.15) is 0 Å². The molecule has 0 aliphatic carbocycles. The van der Waals surface area contributed by atoms with Crippen LogP contribution in [0.1, 0.15) is 12.5 Å². The molecule has 0 aliphatic heterocycles. The lowest BCUT2D eigenvalue weighted by Crippen LogP contribution is -2.28. The molecule has 0 heterocycles. The molecule has 1 atom stereocenters. The third-order valence-corrected chi connectivity index (χ3v) is 3.23. The van der Waals surface area contributed by atoms with E-state index in [1.54, 1.807) is 6.07 Å². The first-order valence-corrected chi connectivity index (χ1v) is 6.52. The van der Waals surface area contributed by atoms with E-state index in [-0.39, 0.29) is 11.9 Å². The average molecular weight is 290 g/mol. The second kappa shape index (κ2) is 7.62. The molecule has 100 valence electrons. The summed E-state index contributed by atoms with van der Waals surface area (Å²) in [7, 11) is 1.40. The van der Waals surface area contributed by atoms with Crippen LogP contribution in [0.5, 0.6) is 0 Å². The van der Waals surface area contributed by atoms with Gasteiger partial charge in [0.2, 0.25) is 0 Å². The number of esters is 1. The van der Waals surface area contributed by atoms with Gasteiger partial charge in [0.25, 0.3) is 0 Å². The van der Waals surface area contributed by atoms with Gasteiger partial charge in [0.05, 0.1) is 13.0 Å². The Hall–Kier alpha value is -0.770.